The van der Waals surface area contributed by atoms with Gasteiger partial charge >= 0.3 is 0 Å². The molecule has 1 saturated carbocycles. The van der Waals surface area contributed by atoms with Gasteiger partial charge in [0.15, 0.2) is 9.84 Å². The van der Waals surface area contributed by atoms with E-state index in [1.54, 1.807) is 11.8 Å². The number of benzene rings is 2. The third-order valence-corrected chi connectivity index (χ3v) is 10.9. The van der Waals surface area contributed by atoms with E-state index in [1.165, 1.54) is 6.42 Å². The van der Waals surface area contributed by atoms with E-state index in [1.807, 2.05) is 70.4 Å². The summed E-state index contributed by atoms with van der Waals surface area (Å²) in [6.45, 7) is 6.06. The largest absolute Gasteiger partial charge is 0.390 e. The van der Waals surface area contributed by atoms with E-state index < -0.39 is 45.8 Å². The van der Waals surface area contributed by atoms with Gasteiger partial charge in [0.25, 0.3) is 0 Å². The van der Waals surface area contributed by atoms with Crippen LogP contribution in [-0.4, -0.2) is 92.3 Å². The Balaban J connectivity index is 1.71. The molecule has 0 aromatic heterocycles. The van der Waals surface area contributed by atoms with Crippen molar-refractivity contribution in [3.8, 4) is 0 Å². The fourth-order valence-electron chi connectivity index (χ4n) is 6.45. The number of aliphatic hydroxyl groups excluding tert-OH is 2. The van der Waals surface area contributed by atoms with Crippen LogP contribution < -0.4 is 10.6 Å². The van der Waals surface area contributed by atoms with Crippen molar-refractivity contribution in [3.05, 3.63) is 48.0 Å². The van der Waals surface area contributed by atoms with Gasteiger partial charge in [0, 0.05) is 13.1 Å². The molecule has 258 valence electrons. The molecule has 1 aliphatic rings. The van der Waals surface area contributed by atoms with E-state index in [9.17, 15) is 28.2 Å². The number of carbonyl (C=O) groups is 2. The Kier molecular flexibility index (Phi) is 14.9. The lowest BCUT2D eigenvalue weighted by Gasteiger charge is -2.33. The molecule has 0 radical (unpaired) electrons. The monoisotopic (exact) mass is 659 g/mol. The predicted octanol–water partition coefficient (Wildman–Crippen LogP) is 3.95. The molecular formula is C36H57N3O6S. The van der Waals surface area contributed by atoms with E-state index in [0.29, 0.717) is 25.3 Å². The first-order valence-electron chi connectivity index (χ1n) is 17.0. The van der Waals surface area contributed by atoms with Gasteiger partial charge in [-0.3, -0.25) is 9.59 Å². The lowest BCUT2D eigenvalue weighted by atomic mass is 9.82. The highest BCUT2D eigenvalue weighted by molar-refractivity contribution is 7.91. The van der Waals surface area contributed by atoms with Gasteiger partial charge < -0.3 is 25.7 Å². The van der Waals surface area contributed by atoms with E-state index in [-0.39, 0.29) is 36.3 Å². The van der Waals surface area contributed by atoms with Gasteiger partial charge in [-0.1, -0.05) is 95.3 Å². The number of fused-ring (bicyclic) bond motifs is 1. The van der Waals surface area contributed by atoms with Crippen molar-refractivity contribution in [3.63, 3.8) is 0 Å². The Labute approximate surface area is 276 Å². The highest BCUT2D eigenvalue weighted by Gasteiger charge is 2.33. The van der Waals surface area contributed by atoms with Crippen LogP contribution in [0.25, 0.3) is 10.8 Å². The molecule has 0 heterocycles. The summed E-state index contributed by atoms with van der Waals surface area (Å²) in [5.41, 5.74) is 0.895. The first-order valence-corrected chi connectivity index (χ1v) is 18.8. The maximum atomic E-state index is 13.6. The molecule has 46 heavy (non-hydrogen) atoms. The van der Waals surface area contributed by atoms with Crippen LogP contribution in [0.15, 0.2) is 42.5 Å². The summed E-state index contributed by atoms with van der Waals surface area (Å²) in [6.07, 6.45) is 4.77. The maximum absolute atomic E-state index is 13.6. The van der Waals surface area contributed by atoms with Crippen molar-refractivity contribution in [2.45, 2.75) is 90.4 Å². The maximum Gasteiger partial charge on any atom is 0.224 e. The van der Waals surface area contributed by atoms with Crippen molar-refractivity contribution < 1.29 is 28.2 Å². The fraction of sp³-hybridized carbons (Fsp3) is 0.667. The van der Waals surface area contributed by atoms with Gasteiger partial charge in [0.05, 0.1) is 35.5 Å². The average Bonchev–Trinajstić information content (AvgIpc) is 3.01. The van der Waals surface area contributed by atoms with Gasteiger partial charge in [-0.15, -0.1) is 0 Å². The molecular weight excluding hydrogens is 602 g/mol. The smallest absolute Gasteiger partial charge is 0.224 e. The van der Waals surface area contributed by atoms with Crippen LogP contribution in [-0.2, 0) is 25.8 Å². The Morgan fingerprint density at radius 3 is 2.30 bits per heavy atom. The number of carbonyl (C=O) groups excluding carboxylic acids is 2. The standard InChI is InChI=1S/C36H57N3O6S/c1-25(2)20-33(40)34(41)32(21-27-12-7-6-8-13-27)38-35(42)26(3)23-37-36(43)30(24-46(44,45)19-18-39(4)5)22-29-16-11-15-28-14-9-10-17-31(28)29/h9-11,14-17,25-27,30,32-34,40-41H,6-8,12-13,18-24H2,1-5H3,(H,37,43)(H,38,42). The first-order chi connectivity index (χ1) is 21.8. The zero-order chi connectivity index (χ0) is 33.9. The summed E-state index contributed by atoms with van der Waals surface area (Å²) in [4.78, 5) is 28.8. The molecule has 0 bridgehead atoms. The number of nitrogens with zero attached hydrogens (tertiary/aromatic N) is 1. The minimum absolute atomic E-state index is 0.0231. The van der Waals surface area contributed by atoms with Gasteiger partial charge in [0.1, 0.15) is 6.10 Å². The van der Waals surface area contributed by atoms with Gasteiger partial charge in [-0.25, -0.2) is 8.42 Å². The second kappa shape index (κ2) is 18.1. The van der Waals surface area contributed by atoms with E-state index >= 15 is 0 Å². The minimum atomic E-state index is -3.54. The van der Waals surface area contributed by atoms with Crippen molar-refractivity contribution in [1.82, 2.24) is 15.5 Å². The SMILES string of the molecule is CC(C)CC(O)C(O)C(CC1CCCCC1)NC(=O)C(C)CNC(=O)C(Cc1cccc2ccccc12)CS(=O)(=O)CCN(C)C. The number of amides is 2. The minimum Gasteiger partial charge on any atom is -0.390 e. The zero-order valence-corrected chi connectivity index (χ0v) is 29.3. The Morgan fingerprint density at radius 1 is 0.957 bits per heavy atom. The van der Waals surface area contributed by atoms with Crippen molar-refractivity contribution in [2.75, 3.05) is 38.7 Å². The Bertz CT molecular complexity index is 1350. The summed E-state index contributed by atoms with van der Waals surface area (Å²) < 4.78 is 26.2. The van der Waals surface area contributed by atoms with Crippen LogP contribution >= 0.6 is 0 Å². The molecule has 9 nitrogen and oxygen atoms in total. The lowest BCUT2D eigenvalue weighted by Crippen LogP contribution is -2.52. The quantitative estimate of drug-likeness (QED) is 0.190. The van der Waals surface area contributed by atoms with E-state index in [0.717, 1.165) is 42.0 Å². The molecule has 1 fully saturated rings. The van der Waals surface area contributed by atoms with Crippen molar-refractivity contribution in [1.29, 1.82) is 0 Å². The summed E-state index contributed by atoms with van der Waals surface area (Å²) >= 11 is 0. The molecule has 5 atom stereocenters. The van der Waals surface area contributed by atoms with E-state index in [2.05, 4.69) is 10.6 Å². The van der Waals surface area contributed by atoms with Crippen LogP contribution in [0.2, 0.25) is 0 Å². The number of sulfone groups is 1. The first kappa shape index (κ1) is 37.9. The molecule has 0 spiro atoms. The molecule has 0 saturated heterocycles. The topological polar surface area (TPSA) is 136 Å². The highest BCUT2D eigenvalue weighted by Crippen LogP contribution is 2.29. The number of hydrogen-bond acceptors (Lipinski definition) is 7. The Hall–Kier alpha value is -2.53. The lowest BCUT2D eigenvalue weighted by molar-refractivity contribution is -0.128. The zero-order valence-electron chi connectivity index (χ0n) is 28.5. The van der Waals surface area contributed by atoms with Crippen LogP contribution in [0, 0.1) is 23.7 Å². The third-order valence-electron chi connectivity index (χ3n) is 9.21. The third kappa shape index (κ3) is 12.2. The molecule has 2 aromatic carbocycles. The molecule has 3 rings (SSSR count). The summed E-state index contributed by atoms with van der Waals surface area (Å²) in [5.74, 6) is -1.97. The molecule has 4 N–H and O–H groups in total. The van der Waals surface area contributed by atoms with Crippen LogP contribution in [0.3, 0.4) is 0 Å². The van der Waals surface area contributed by atoms with E-state index in [4.69, 9.17) is 0 Å². The second-order valence-corrected chi connectivity index (χ2v) is 16.4. The summed E-state index contributed by atoms with van der Waals surface area (Å²) in [6, 6.07) is 13.1. The second-order valence-electron chi connectivity index (χ2n) is 14.1. The van der Waals surface area contributed by atoms with Gasteiger partial charge in [-0.2, -0.15) is 0 Å². The molecule has 1 aliphatic carbocycles. The molecule has 5 unspecified atom stereocenters. The average molecular weight is 660 g/mol. The number of aliphatic hydroxyl groups is 2. The number of hydrogen-bond donors (Lipinski definition) is 4. The highest BCUT2D eigenvalue weighted by atomic mass is 32.2. The molecule has 10 heteroatoms. The molecule has 0 aliphatic heterocycles. The van der Waals surface area contributed by atoms with Crippen LogP contribution in [0.1, 0.15) is 71.3 Å². The Morgan fingerprint density at radius 2 is 1.63 bits per heavy atom. The normalized spacial score (nSPS) is 17.8. The van der Waals surface area contributed by atoms with Crippen LogP contribution in [0.5, 0.6) is 0 Å². The van der Waals surface area contributed by atoms with Gasteiger partial charge in [0.2, 0.25) is 11.8 Å². The predicted molar refractivity (Wildman–Crippen MR) is 185 cm³/mol. The van der Waals surface area contributed by atoms with Crippen LogP contribution in [0.4, 0.5) is 0 Å². The van der Waals surface area contributed by atoms with Crippen molar-refractivity contribution in [2.24, 2.45) is 23.7 Å². The number of nitrogens with one attached hydrogen (secondary N) is 2. The number of rotatable bonds is 18. The summed E-state index contributed by atoms with van der Waals surface area (Å²) in [7, 11) is 0.0840. The summed E-state index contributed by atoms with van der Waals surface area (Å²) in [5, 5.41) is 29.7. The van der Waals surface area contributed by atoms with Crippen molar-refractivity contribution >= 4 is 32.4 Å². The molecule has 2 amide bonds. The van der Waals surface area contributed by atoms with Gasteiger partial charge in [-0.05, 0) is 61.5 Å². The fourth-order valence-corrected chi connectivity index (χ4v) is 8.14. The molecule has 2 aromatic rings.